The van der Waals surface area contributed by atoms with E-state index in [1.165, 1.54) is 0 Å². The van der Waals surface area contributed by atoms with Crippen LogP contribution in [-0.2, 0) is 13.1 Å². The predicted molar refractivity (Wildman–Crippen MR) is 67.4 cm³/mol. The number of nitrogens with zero attached hydrogens (tertiary/aromatic N) is 1. The summed E-state index contributed by atoms with van der Waals surface area (Å²) in [5.41, 5.74) is 7.54. The van der Waals surface area contributed by atoms with Crippen molar-refractivity contribution in [2.24, 2.45) is 11.1 Å². The summed E-state index contributed by atoms with van der Waals surface area (Å²) in [4.78, 5) is 12.0. The van der Waals surface area contributed by atoms with E-state index in [1.54, 1.807) is 0 Å². The molecule has 0 aliphatic carbocycles. The average Bonchev–Trinajstić information content (AvgIpc) is 2.16. The lowest BCUT2D eigenvalue weighted by atomic mass is 9.92. The molecule has 0 saturated carbocycles. The Morgan fingerprint density at radius 3 is 2.44 bits per heavy atom. The van der Waals surface area contributed by atoms with Crippen molar-refractivity contribution in [3.63, 3.8) is 0 Å². The van der Waals surface area contributed by atoms with E-state index >= 15 is 0 Å². The van der Waals surface area contributed by atoms with Crippen LogP contribution >= 0.6 is 0 Å². The Bertz CT molecular complexity index is 413. The standard InChI is InChI=1S/C13H22N2O/c1-10-5-6-11(9-14)12(16)15(10)8-7-13(2,3)4/h5-6H,7-9,14H2,1-4H3. The SMILES string of the molecule is Cc1ccc(CN)c(=O)n1CCC(C)(C)C. The lowest BCUT2D eigenvalue weighted by Crippen LogP contribution is -2.28. The molecule has 1 rings (SSSR count). The molecule has 0 spiro atoms. The third-order valence-corrected chi connectivity index (χ3v) is 2.78. The highest BCUT2D eigenvalue weighted by atomic mass is 16.1. The van der Waals surface area contributed by atoms with Gasteiger partial charge in [0.05, 0.1) is 0 Å². The molecule has 2 N–H and O–H groups in total. The Morgan fingerprint density at radius 1 is 1.31 bits per heavy atom. The number of hydrogen-bond donors (Lipinski definition) is 1. The monoisotopic (exact) mass is 222 g/mol. The van der Waals surface area contributed by atoms with E-state index in [9.17, 15) is 4.79 Å². The highest BCUT2D eigenvalue weighted by molar-refractivity contribution is 5.15. The molecular weight excluding hydrogens is 200 g/mol. The second-order valence-electron chi connectivity index (χ2n) is 5.47. The largest absolute Gasteiger partial charge is 0.326 e. The molecule has 0 bridgehead atoms. The fraction of sp³-hybridized carbons (Fsp3) is 0.615. The van der Waals surface area contributed by atoms with Crippen LogP contribution in [0.15, 0.2) is 16.9 Å². The zero-order valence-corrected chi connectivity index (χ0v) is 10.7. The molecule has 0 atom stereocenters. The van der Waals surface area contributed by atoms with Gasteiger partial charge in [-0.25, -0.2) is 0 Å². The minimum Gasteiger partial charge on any atom is -0.326 e. The van der Waals surface area contributed by atoms with Crippen LogP contribution in [0.1, 0.15) is 38.4 Å². The number of aryl methyl sites for hydroxylation is 1. The molecule has 16 heavy (non-hydrogen) atoms. The zero-order chi connectivity index (χ0) is 12.3. The van der Waals surface area contributed by atoms with E-state index in [0.29, 0.717) is 12.1 Å². The molecule has 0 radical (unpaired) electrons. The first kappa shape index (κ1) is 13.0. The summed E-state index contributed by atoms with van der Waals surface area (Å²) in [5, 5.41) is 0. The van der Waals surface area contributed by atoms with E-state index < -0.39 is 0 Å². The van der Waals surface area contributed by atoms with Crippen LogP contribution in [0.25, 0.3) is 0 Å². The van der Waals surface area contributed by atoms with Crippen LogP contribution in [0.2, 0.25) is 0 Å². The number of hydrogen-bond acceptors (Lipinski definition) is 2. The van der Waals surface area contributed by atoms with E-state index in [4.69, 9.17) is 5.73 Å². The fourth-order valence-corrected chi connectivity index (χ4v) is 1.60. The number of nitrogens with two attached hydrogens (primary N) is 1. The second-order valence-corrected chi connectivity index (χ2v) is 5.47. The van der Waals surface area contributed by atoms with Gasteiger partial charge in [0.25, 0.3) is 5.56 Å². The van der Waals surface area contributed by atoms with Gasteiger partial charge in [-0.3, -0.25) is 4.79 Å². The van der Waals surface area contributed by atoms with Gasteiger partial charge in [-0.05, 0) is 24.8 Å². The van der Waals surface area contributed by atoms with E-state index in [2.05, 4.69) is 20.8 Å². The molecule has 90 valence electrons. The molecule has 0 fully saturated rings. The highest BCUT2D eigenvalue weighted by Crippen LogP contribution is 2.19. The fourth-order valence-electron chi connectivity index (χ4n) is 1.60. The molecule has 1 aromatic rings. The average molecular weight is 222 g/mol. The second kappa shape index (κ2) is 4.83. The van der Waals surface area contributed by atoms with Gasteiger partial charge in [0.1, 0.15) is 0 Å². The molecular formula is C13H22N2O. The summed E-state index contributed by atoms with van der Waals surface area (Å²) in [6.07, 6.45) is 0.988. The summed E-state index contributed by atoms with van der Waals surface area (Å²) in [7, 11) is 0. The van der Waals surface area contributed by atoms with Crippen molar-refractivity contribution in [3.05, 3.63) is 33.7 Å². The maximum Gasteiger partial charge on any atom is 0.255 e. The lowest BCUT2D eigenvalue weighted by molar-refractivity contribution is 0.345. The van der Waals surface area contributed by atoms with Gasteiger partial charge in [-0.1, -0.05) is 26.8 Å². The van der Waals surface area contributed by atoms with Gasteiger partial charge in [-0.15, -0.1) is 0 Å². The van der Waals surface area contributed by atoms with Crippen molar-refractivity contribution < 1.29 is 0 Å². The van der Waals surface area contributed by atoms with Crippen molar-refractivity contribution in [2.45, 2.75) is 47.2 Å². The van der Waals surface area contributed by atoms with Crippen molar-refractivity contribution in [1.29, 1.82) is 0 Å². The molecule has 0 unspecified atom stereocenters. The third-order valence-electron chi connectivity index (χ3n) is 2.78. The number of pyridine rings is 1. The van der Waals surface area contributed by atoms with E-state index in [0.717, 1.165) is 18.7 Å². The predicted octanol–water partition coefficient (Wildman–Crippen LogP) is 2.05. The first-order valence-corrected chi connectivity index (χ1v) is 5.74. The molecule has 0 aliphatic heterocycles. The first-order valence-electron chi connectivity index (χ1n) is 5.74. The van der Waals surface area contributed by atoms with Crippen LogP contribution in [0.4, 0.5) is 0 Å². The summed E-state index contributed by atoms with van der Waals surface area (Å²) >= 11 is 0. The van der Waals surface area contributed by atoms with E-state index in [-0.39, 0.29) is 11.0 Å². The number of aromatic nitrogens is 1. The van der Waals surface area contributed by atoms with E-state index in [1.807, 2.05) is 23.6 Å². The Morgan fingerprint density at radius 2 is 1.94 bits per heavy atom. The zero-order valence-electron chi connectivity index (χ0n) is 10.7. The van der Waals surface area contributed by atoms with Crippen molar-refractivity contribution in [3.8, 4) is 0 Å². The van der Waals surface area contributed by atoms with Crippen LogP contribution in [0, 0.1) is 12.3 Å². The smallest absolute Gasteiger partial charge is 0.255 e. The molecule has 1 aromatic heterocycles. The maximum atomic E-state index is 12.0. The molecule has 0 saturated heterocycles. The van der Waals surface area contributed by atoms with Crippen LogP contribution < -0.4 is 11.3 Å². The summed E-state index contributed by atoms with van der Waals surface area (Å²) in [6.45, 7) is 9.58. The van der Waals surface area contributed by atoms with Crippen molar-refractivity contribution >= 4 is 0 Å². The van der Waals surface area contributed by atoms with Gasteiger partial charge in [0.15, 0.2) is 0 Å². The van der Waals surface area contributed by atoms with Crippen LogP contribution in [0.5, 0.6) is 0 Å². The van der Waals surface area contributed by atoms with Gasteiger partial charge >= 0.3 is 0 Å². The van der Waals surface area contributed by atoms with Crippen molar-refractivity contribution in [2.75, 3.05) is 0 Å². The summed E-state index contributed by atoms with van der Waals surface area (Å²) < 4.78 is 1.83. The molecule has 0 aliphatic rings. The summed E-state index contributed by atoms with van der Waals surface area (Å²) in [5.74, 6) is 0. The molecule has 0 amide bonds. The van der Waals surface area contributed by atoms with Gasteiger partial charge < -0.3 is 10.3 Å². The molecule has 3 heteroatoms. The van der Waals surface area contributed by atoms with Crippen molar-refractivity contribution in [1.82, 2.24) is 4.57 Å². The molecule has 0 aromatic carbocycles. The molecule has 1 heterocycles. The highest BCUT2D eigenvalue weighted by Gasteiger charge is 2.12. The maximum absolute atomic E-state index is 12.0. The lowest BCUT2D eigenvalue weighted by Gasteiger charge is -2.20. The van der Waals surface area contributed by atoms with Crippen LogP contribution in [-0.4, -0.2) is 4.57 Å². The normalized spacial score (nSPS) is 11.8. The topological polar surface area (TPSA) is 48.0 Å². The van der Waals surface area contributed by atoms with Gasteiger partial charge in [-0.2, -0.15) is 0 Å². The van der Waals surface area contributed by atoms with Gasteiger partial charge in [0.2, 0.25) is 0 Å². The minimum absolute atomic E-state index is 0.0618. The number of rotatable bonds is 3. The Labute approximate surface area is 97.3 Å². The first-order chi connectivity index (χ1) is 7.35. The van der Waals surface area contributed by atoms with Crippen LogP contribution in [0.3, 0.4) is 0 Å². The Balaban J connectivity index is 2.99. The quantitative estimate of drug-likeness (QED) is 0.851. The molecule has 3 nitrogen and oxygen atoms in total. The Kier molecular flexibility index (Phi) is 3.92. The minimum atomic E-state index is 0.0618. The third kappa shape index (κ3) is 3.20. The summed E-state index contributed by atoms with van der Waals surface area (Å²) in [6, 6.07) is 3.79. The van der Waals surface area contributed by atoms with Gasteiger partial charge in [0, 0.05) is 24.3 Å². The Hall–Kier alpha value is -1.09.